The van der Waals surface area contributed by atoms with Gasteiger partial charge in [-0.05, 0) is 147 Å². The monoisotopic (exact) mass is 512 g/mol. The Balaban J connectivity index is 1.09. The molecular weight excluding hydrogens is 463 g/mol. The van der Waals surface area contributed by atoms with Gasteiger partial charge in [0.2, 0.25) is 0 Å². The molecule has 0 aromatic rings. The van der Waals surface area contributed by atoms with E-state index in [1.165, 1.54) is 109 Å². The predicted molar refractivity (Wildman–Crippen MR) is 143 cm³/mol. The minimum atomic E-state index is -0.491. The molecule has 2 spiro atoms. The van der Waals surface area contributed by atoms with Gasteiger partial charge < -0.3 is 9.47 Å². The van der Waals surface area contributed by atoms with Gasteiger partial charge in [-0.25, -0.2) is 0 Å². The van der Waals surface area contributed by atoms with Crippen molar-refractivity contribution < 1.29 is 9.47 Å². The second-order valence-electron chi connectivity index (χ2n) is 13.0. The molecular formula is C30H50Cl2O2. The maximum atomic E-state index is 7.38. The maximum absolute atomic E-state index is 7.38. The zero-order valence-electron chi connectivity index (χ0n) is 22.0. The van der Waals surface area contributed by atoms with Crippen molar-refractivity contribution in [1.29, 1.82) is 0 Å². The van der Waals surface area contributed by atoms with Crippen LogP contribution in [0, 0.1) is 34.5 Å². The Hall–Kier alpha value is 0.500. The number of ether oxygens (including phenoxy) is 2. The lowest BCUT2D eigenvalue weighted by Gasteiger charge is -2.69. The zero-order valence-corrected chi connectivity index (χ0v) is 23.5. The van der Waals surface area contributed by atoms with Crippen LogP contribution in [0.3, 0.4) is 0 Å². The number of rotatable bonds is 6. The first-order valence-corrected chi connectivity index (χ1v) is 15.8. The van der Waals surface area contributed by atoms with Crippen LogP contribution in [0.25, 0.3) is 0 Å². The van der Waals surface area contributed by atoms with Crippen LogP contribution in [0.15, 0.2) is 0 Å². The molecule has 0 aliphatic heterocycles. The van der Waals surface area contributed by atoms with E-state index in [9.17, 15) is 0 Å². The van der Waals surface area contributed by atoms with E-state index in [4.69, 9.17) is 32.7 Å². The smallest absolute Gasteiger partial charge is 0.129 e. The molecule has 0 bridgehead atoms. The first kappa shape index (κ1) is 26.1. The summed E-state index contributed by atoms with van der Waals surface area (Å²) in [7, 11) is 0. The number of alkyl halides is 2. The summed E-state index contributed by atoms with van der Waals surface area (Å²) in [5.41, 5.74) is 0.412. The van der Waals surface area contributed by atoms with Crippen molar-refractivity contribution in [2.75, 3.05) is 13.2 Å². The molecule has 2 nitrogen and oxygen atoms in total. The van der Waals surface area contributed by atoms with Crippen LogP contribution < -0.4 is 0 Å². The van der Waals surface area contributed by atoms with E-state index in [1.54, 1.807) is 0 Å². The molecule has 0 heterocycles. The van der Waals surface area contributed by atoms with Gasteiger partial charge in [-0.1, -0.05) is 0 Å². The van der Waals surface area contributed by atoms with Crippen molar-refractivity contribution in [3.63, 3.8) is 0 Å². The van der Waals surface area contributed by atoms with E-state index in [2.05, 4.69) is 13.8 Å². The third kappa shape index (κ3) is 4.74. The molecule has 5 aliphatic carbocycles. The minimum Gasteiger partial charge on any atom is -0.379 e. The second-order valence-corrected chi connectivity index (χ2v) is 14.3. The normalized spacial score (nSPS) is 46.9. The van der Waals surface area contributed by atoms with Crippen LogP contribution in [0.1, 0.15) is 123 Å². The third-order valence-electron chi connectivity index (χ3n) is 11.6. The largest absolute Gasteiger partial charge is 0.379 e. The van der Waals surface area contributed by atoms with Crippen molar-refractivity contribution in [1.82, 2.24) is 0 Å². The molecule has 0 aromatic heterocycles. The highest BCUT2D eigenvalue weighted by molar-refractivity contribution is 6.50. The van der Waals surface area contributed by atoms with E-state index in [0.717, 1.165) is 36.9 Å². The van der Waals surface area contributed by atoms with Crippen molar-refractivity contribution in [2.45, 2.75) is 140 Å². The zero-order chi connectivity index (χ0) is 23.8. The summed E-state index contributed by atoms with van der Waals surface area (Å²) in [6.07, 6.45) is 23.4. The summed E-state index contributed by atoms with van der Waals surface area (Å²) in [5.74, 6) is 3.63. The van der Waals surface area contributed by atoms with Crippen molar-refractivity contribution in [2.24, 2.45) is 34.5 Å². The van der Waals surface area contributed by atoms with Gasteiger partial charge in [-0.3, -0.25) is 0 Å². The first-order valence-electron chi connectivity index (χ1n) is 15.0. The molecule has 0 aromatic carbocycles. The van der Waals surface area contributed by atoms with E-state index in [-0.39, 0.29) is 10.8 Å². The Kier molecular flexibility index (Phi) is 8.22. The molecule has 5 aliphatic rings. The summed E-state index contributed by atoms with van der Waals surface area (Å²) < 4.78 is 11.3. The maximum Gasteiger partial charge on any atom is 0.129 e. The summed E-state index contributed by atoms with van der Waals surface area (Å²) >= 11 is 14.8. The molecule has 5 rings (SSSR count). The molecule has 0 atom stereocenters. The molecule has 0 saturated heterocycles. The van der Waals surface area contributed by atoms with Gasteiger partial charge in [0.15, 0.2) is 0 Å². The van der Waals surface area contributed by atoms with Crippen molar-refractivity contribution in [3.05, 3.63) is 0 Å². The molecule has 0 radical (unpaired) electrons. The number of halogens is 2. The van der Waals surface area contributed by atoms with Crippen LogP contribution in [-0.4, -0.2) is 29.8 Å². The van der Waals surface area contributed by atoms with Crippen LogP contribution in [0.5, 0.6) is 0 Å². The van der Waals surface area contributed by atoms with Crippen molar-refractivity contribution >= 4 is 23.2 Å². The van der Waals surface area contributed by atoms with Gasteiger partial charge in [-0.2, -0.15) is 0 Å². The van der Waals surface area contributed by atoms with Gasteiger partial charge in [0.25, 0.3) is 0 Å². The summed E-state index contributed by atoms with van der Waals surface area (Å²) in [5, 5.41) is 0. The number of hydrogen-bond acceptors (Lipinski definition) is 2. The van der Waals surface area contributed by atoms with Gasteiger partial charge in [0.1, 0.15) is 4.33 Å². The van der Waals surface area contributed by atoms with Crippen molar-refractivity contribution in [3.8, 4) is 0 Å². The summed E-state index contributed by atoms with van der Waals surface area (Å²) in [6, 6.07) is 0. The first-order chi connectivity index (χ1) is 16.4. The van der Waals surface area contributed by atoms with E-state index in [1.807, 2.05) is 0 Å². The number of hydrogen-bond donors (Lipinski definition) is 0. The Morgan fingerprint density at radius 3 is 1.15 bits per heavy atom. The standard InChI is InChI=1S/C30H50Cl2O2/c1-3-33-26-9-5-22(6-10-26)24-13-17-28(18-14-24)21-29(30(28,31)32)19-15-25(16-20-29)23-7-11-27(12-8-23)34-4-2/h22-27H,3-21H2,1-2H3/t22-,23-,24?,25?,26-,27-,28?,29?. The molecule has 5 fully saturated rings. The topological polar surface area (TPSA) is 18.5 Å². The quantitative estimate of drug-likeness (QED) is 0.330. The Morgan fingerprint density at radius 2 is 0.853 bits per heavy atom. The molecule has 34 heavy (non-hydrogen) atoms. The molecule has 0 amide bonds. The average molecular weight is 514 g/mol. The van der Waals surface area contributed by atoms with Crippen LogP contribution >= 0.6 is 23.2 Å². The predicted octanol–water partition coefficient (Wildman–Crippen LogP) is 9.11. The Labute approximate surface area is 219 Å². The van der Waals surface area contributed by atoms with Gasteiger partial charge in [-0.15, -0.1) is 23.2 Å². The molecule has 0 unspecified atom stereocenters. The Bertz CT molecular complexity index is 593. The summed E-state index contributed by atoms with van der Waals surface area (Å²) in [4.78, 5) is 0. The van der Waals surface area contributed by atoms with Gasteiger partial charge >= 0.3 is 0 Å². The third-order valence-corrected chi connectivity index (χ3v) is 13.2. The highest BCUT2D eigenvalue weighted by Crippen LogP contribution is 2.77. The molecule has 4 heteroatoms. The highest BCUT2D eigenvalue weighted by Gasteiger charge is 2.72. The molecule has 196 valence electrons. The fourth-order valence-corrected chi connectivity index (χ4v) is 10.6. The lowest BCUT2D eigenvalue weighted by Crippen LogP contribution is -2.66. The lowest BCUT2D eigenvalue weighted by atomic mass is 9.42. The van der Waals surface area contributed by atoms with E-state index < -0.39 is 4.33 Å². The lowest BCUT2D eigenvalue weighted by molar-refractivity contribution is -0.123. The minimum absolute atomic E-state index is 0.206. The second kappa shape index (κ2) is 10.7. The van der Waals surface area contributed by atoms with Gasteiger partial charge in [0, 0.05) is 24.0 Å². The average Bonchev–Trinajstić information content (AvgIpc) is 2.86. The SMILES string of the molecule is CCO[C@H]1CC[C@H](C2CCC3(CC2)CC2(CCC([C@H]4CC[C@H](OCC)CC4)CC2)C3(Cl)Cl)CC1. The summed E-state index contributed by atoms with van der Waals surface area (Å²) in [6.45, 7) is 5.99. The molecule has 5 saturated carbocycles. The fourth-order valence-electron chi connectivity index (χ4n) is 9.56. The Morgan fingerprint density at radius 1 is 0.529 bits per heavy atom. The van der Waals surface area contributed by atoms with Crippen LogP contribution in [0.4, 0.5) is 0 Å². The molecule has 0 N–H and O–H groups in total. The highest BCUT2D eigenvalue weighted by atomic mass is 35.5. The fraction of sp³-hybridized carbons (Fsp3) is 1.00. The van der Waals surface area contributed by atoms with Crippen LogP contribution in [-0.2, 0) is 9.47 Å². The van der Waals surface area contributed by atoms with Gasteiger partial charge in [0.05, 0.1) is 12.2 Å². The van der Waals surface area contributed by atoms with Crippen LogP contribution in [0.2, 0.25) is 0 Å². The van der Waals surface area contributed by atoms with E-state index in [0.29, 0.717) is 12.2 Å². The van der Waals surface area contributed by atoms with E-state index >= 15 is 0 Å².